The molecule has 1 atom stereocenters. The highest BCUT2D eigenvalue weighted by molar-refractivity contribution is 7.10. The topological polar surface area (TPSA) is 38.0 Å². The Kier molecular flexibility index (Phi) is 3.56. The summed E-state index contributed by atoms with van der Waals surface area (Å²) in [6, 6.07) is 4.65. The fourth-order valence-corrected chi connectivity index (χ4v) is 1.70. The first-order chi connectivity index (χ1) is 5.34. The Morgan fingerprint density at radius 1 is 1.73 bits per heavy atom. The van der Waals surface area contributed by atoms with Crippen LogP contribution in [0.4, 0.5) is 0 Å². The van der Waals surface area contributed by atoms with Crippen molar-refractivity contribution in [3.05, 3.63) is 22.4 Å². The van der Waals surface area contributed by atoms with E-state index >= 15 is 0 Å². The van der Waals surface area contributed by atoms with Gasteiger partial charge in [0, 0.05) is 24.0 Å². The molecule has 1 unspecified atom stereocenters. The predicted octanol–water partition coefficient (Wildman–Crippen LogP) is 1.36. The van der Waals surface area contributed by atoms with E-state index in [1.165, 1.54) is 4.88 Å². The summed E-state index contributed by atoms with van der Waals surface area (Å²) in [7, 11) is 0. The lowest BCUT2D eigenvalue weighted by atomic mass is 10.3. The Hall–Kier alpha value is -0.380. The molecule has 0 aliphatic carbocycles. The molecule has 62 valence electrons. The zero-order chi connectivity index (χ0) is 8.10. The van der Waals surface area contributed by atoms with Gasteiger partial charge in [-0.05, 0) is 18.4 Å². The molecule has 0 aromatic carbocycles. The molecule has 11 heavy (non-hydrogen) atoms. The zero-order valence-corrected chi connectivity index (χ0v) is 7.53. The number of nitrogens with two attached hydrogens (primary N) is 1. The van der Waals surface area contributed by atoms with Crippen LogP contribution in [0.25, 0.3) is 0 Å². The molecule has 1 heterocycles. The summed E-state index contributed by atoms with van der Waals surface area (Å²) in [5.74, 6) is 0. The van der Waals surface area contributed by atoms with Gasteiger partial charge in [-0.1, -0.05) is 6.07 Å². The van der Waals surface area contributed by atoms with Crippen LogP contribution in [0, 0.1) is 0 Å². The lowest BCUT2D eigenvalue weighted by Gasteiger charge is -2.09. The van der Waals surface area contributed by atoms with Crippen LogP contribution in [-0.4, -0.2) is 13.1 Å². The van der Waals surface area contributed by atoms with E-state index in [4.69, 9.17) is 5.73 Å². The maximum absolute atomic E-state index is 5.37. The summed E-state index contributed by atoms with van der Waals surface area (Å²) >= 11 is 1.78. The van der Waals surface area contributed by atoms with Crippen LogP contribution in [0.1, 0.15) is 17.8 Å². The Morgan fingerprint density at radius 3 is 3.09 bits per heavy atom. The molecule has 0 spiro atoms. The van der Waals surface area contributed by atoms with Crippen molar-refractivity contribution >= 4 is 11.3 Å². The highest BCUT2D eigenvalue weighted by Gasteiger charge is 2.02. The van der Waals surface area contributed by atoms with Gasteiger partial charge < -0.3 is 11.1 Å². The van der Waals surface area contributed by atoms with Crippen molar-refractivity contribution in [2.24, 2.45) is 5.73 Å². The Balaban J connectivity index is 2.36. The van der Waals surface area contributed by atoms with Gasteiger partial charge in [0.2, 0.25) is 0 Å². The van der Waals surface area contributed by atoms with E-state index in [-0.39, 0.29) is 0 Å². The van der Waals surface area contributed by atoms with Crippen molar-refractivity contribution in [1.82, 2.24) is 5.32 Å². The maximum atomic E-state index is 5.37. The number of nitrogens with one attached hydrogen (secondary N) is 1. The minimum absolute atomic E-state index is 0.443. The Morgan fingerprint density at radius 2 is 2.55 bits per heavy atom. The summed E-state index contributed by atoms with van der Waals surface area (Å²) in [4.78, 5) is 1.37. The number of rotatable bonds is 4. The minimum atomic E-state index is 0.443. The standard InChI is InChI=1S/C8H14N2S/c1-7(10-5-4-9)8-3-2-6-11-8/h2-3,6-7,10H,4-5,9H2,1H3. The molecule has 0 saturated carbocycles. The molecule has 0 fully saturated rings. The second-order valence-electron chi connectivity index (χ2n) is 2.48. The summed E-state index contributed by atoms with van der Waals surface area (Å²) in [6.45, 7) is 3.75. The Bertz CT molecular complexity index is 184. The van der Waals surface area contributed by atoms with Crippen molar-refractivity contribution in [3.8, 4) is 0 Å². The highest BCUT2D eigenvalue weighted by atomic mass is 32.1. The number of thiophene rings is 1. The lowest BCUT2D eigenvalue weighted by Crippen LogP contribution is -2.24. The molecular formula is C8H14N2S. The number of hydrogen-bond acceptors (Lipinski definition) is 3. The average molecular weight is 170 g/mol. The minimum Gasteiger partial charge on any atom is -0.329 e. The smallest absolute Gasteiger partial charge is 0.0386 e. The van der Waals surface area contributed by atoms with E-state index in [0.29, 0.717) is 12.6 Å². The fraction of sp³-hybridized carbons (Fsp3) is 0.500. The molecule has 0 radical (unpaired) electrons. The van der Waals surface area contributed by atoms with Gasteiger partial charge in [-0.3, -0.25) is 0 Å². The number of hydrogen-bond donors (Lipinski definition) is 2. The second-order valence-corrected chi connectivity index (χ2v) is 3.46. The first-order valence-electron chi connectivity index (χ1n) is 3.81. The predicted molar refractivity (Wildman–Crippen MR) is 49.8 cm³/mol. The lowest BCUT2D eigenvalue weighted by molar-refractivity contribution is 0.590. The molecule has 1 aromatic rings. The molecule has 0 bridgehead atoms. The van der Waals surface area contributed by atoms with Crippen molar-refractivity contribution < 1.29 is 0 Å². The quantitative estimate of drug-likeness (QED) is 0.716. The van der Waals surface area contributed by atoms with Gasteiger partial charge >= 0.3 is 0 Å². The van der Waals surface area contributed by atoms with Gasteiger partial charge in [-0.2, -0.15) is 0 Å². The largest absolute Gasteiger partial charge is 0.329 e. The third-order valence-corrected chi connectivity index (χ3v) is 2.62. The monoisotopic (exact) mass is 170 g/mol. The van der Waals surface area contributed by atoms with Gasteiger partial charge in [-0.15, -0.1) is 11.3 Å². The molecule has 0 amide bonds. The molecule has 0 saturated heterocycles. The SMILES string of the molecule is CC(NCCN)c1cccs1. The normalized spacial score (nSPS) is 13.3. The molecule has 1 rings (SSSR count). The van der Waals surface area contributed by atoms with Crippen molar-refractivity contribution in [1.29, 1.82) is 0 Å². The first kappa shape index (κ1) is 8.71. The van der Waals surface area contributed by atoms with Crippen LogP contribution < -0.4 is 11.1 Å². The molecule has 2 nitrogen and oxygen atoms in total. The highest BCUT2D eigenvalue weighted by Crippen LogP contribution is 2.17. The van der Waals surface area contributed by atoms with Crippen LogP contribution in [0.2, 0.25) is 0 Å². The van der Waals surface area contributed by atoms with Gasteiger partial charge in [0.05, 0.1) is 0 Å². The molecule has 0 aliphatic rings. The fourth-order valence-electron chi connectivity index (χ4n) is 0.938. The van der Waals surface area contributed by atoms with Crippen molar-refractivity contribution in [2.75, 3.05) is 13.1 Å². The summed E-state index contributed by atoms with van der Waals surface area (Å²) in [5, 5.41) is 5.41. The van der Waals surface area contributed by atoms with Gasteiger partial charge in [-0.25, -0.2) is 0 Å². The van der Waals surface area contributed by atoms with E-state index in [2.05, 4.69) is 29.8 Å². The van der Waals surface area contributed by atoms with Crippen LogP contribution in [0.5, 0.6) is 0 Å². The zero-order valence-electron chi connectivity index (χ0n) is 6.71. The van der Waals surface area contributed by atoms with Gasteiger partial charge in [0.1, 0.15) is 0 Å². The van der Waals surface area contributed by atoms with Crippen LogP contribution in [0.15, 0.2) is 17.5 Å². The molecule has 1 aromatic heterocycles. The summed E-state index contributed by atoms with van der Waals surface area (Å²) in [6.07, 6.45) is 0. The van der Waals surface area contributed by atoms with E-state index in [9.17, 15) is 0 Å². The Labute approximate surface area is 71.4 Å². The van der Waals surface area contributed by atoms with E-state index < -0.39 is 0 Å². The third kappa shape index (κ3) is 2.61. The van der Waals surface area contributed by atoms with Gasteiger partial charge in [0.25, 0.3) is 0 Å². The van der Waals surface area contributed by atoms with Gasteiger partial charge in [0.15, 0.2) is 0 Å². The third-order valence-electron chi connectivity index (χ3n) is 1.56. The molecular weight excluding hydrogens is 156 g/mol. The van der Waals surface area contributed by atoms with E-state index in [1.807, 2.05) is 0 Å². The van der Waals surface area contributed by atoms with Crippen LogP contribution >= 0.6 is 11.3 Å². The van der Waals surface area contributed by atoms with Crippen LogP contribution in [0.3, 0.4) is 0 Å². The van der Waals surface area contributed by atoms with E-state index in [1.54, 1.807) is 11.3 Å². The summed E-state index contributed by atoms with van der Waals surface area (Å²) in [5.41, 5.74) is 5.37. The molecule has 3 N–H and O–H groups in total. The second kappa shape index (κ2) is 4.49. The average Bonchev–Trinajstić information content (AvgIpc) is 2.52. The van der Waals surface area contributed by atoms with Crippen molar-refractivity contribution in [2.45, 2.75) is 13.0 Å². The summed E-state index contributed by atoms with van der Waals surface area (Å²) < 4.78 is 0. The van der Waals surface area contributed by atoms with Crippen LogP contribution in [-0.2, 0) is 0 Å². The first-order valence-corrected chi connectivity index (χ1v) is 4.69. The van der Waals surface area contributed by atoms with E-state index in [0.717, 1.165) is 6.54 Å². The molecule has 3 heteroatoms. The molecule has 0 aliphatic heterocycles. The maximum Gasteiger partial charge on any atom is 0.0386 e. The van der Waals surface area contributed by atoms with Crippen molar-refractivity contribution in [3.63, 3.8) is 0 Å².